The maximum atomic E-state index is 5.22. The van der Waals surface area contributed by atoms with E-state index in [4.69, 9.17) is 4.74 Å². The zero-order valence-corrected chi connectivity index (χ0v) is 11.5. The summed E-state index contributed by atoms with van der Waals surface area (Å²) < 4.78 is 6.28. The minimum atomic E-state index is 0.186. The van der Waals surface area contributed by atoms with Crippen LogP contribution in [0.5, 0.6) is 0 Å². The minimum Gasteiger partial charge on any atom is -0.382 e. The Morgan fingerprint density at radius 3 is 3.00 bits per heavy atom. The third-order valence-corrected chi connectivity index (χ3v) is 3.18. The molecule has 0 amide bonds. The molecule has 1 N–H and O–H groups in total. The number of benzene rings is 1. The number of aromatic nitrogens is 1. The largest absolute Gasteiger partial charge is 0.382 e. The fourth-order valence-electron chi connectivity index (χ4n) is 1.61. The van der Waals surface area contributed by atoms with Gasteiger partial charge in [-0.1, -0.05) is 15.9 Å². The van der Waals surface area contributed by atoms with E-state index in [2.05, 4.69) is 32.3 Å². The predicted molar refractivity (Wildman–Crippen MR) is 74.4 cm³/mol. The molecule has 1 atom stereocenters. The van der Waals surface area contributed by atoms with E-state index >= 15 is 0 Å². The second kappa shape index (κ2) is 5.47. The van der Waals surface area contributed by atoms with Crippen LogP contribution in [0.1, 0.15) is 6.92 Å². The van der Waals surface area contributed by atoms with Gasteiger partial charge >= 0.3 is 0 Å². The zero-order valence-electron chi connectivity index (χ0n) is 9.90. The summed E-state index contributed by atoms with van der Waals surface area (Å²) in [5, 5.41) is 4.50. The molecule has 0 aliphatic heterocycles. The van der Waals surface area contributed by atoms with Crippen LogP contribution in [0.25, 0.3) is 10.9 Å². The number of nitrogens with zero attached hydrogens (tertiary/aromatic N) is 1. The first-order chi connectivity index (χ1) is 8.20. The summed E-state index contributed by atoms with van der Waals surface area (Å²) in [5.41, 5.74) is 2.07. The van der Waals surface area contributed by atoms with Gasteiger partial charge in [-0.15, -0.1) is 0 Å². The van der Waals surface area contributed by atoms with Gasteiger partial charge in [0, 0.05) is 35.4 Å². The summed E-state index contributed by atoms with van der Waals surface area (Å²) in [6.07, 6.45) is 2.00. The molecule has 0 saturated carbocycles. The molecule has 0 fully saturated rings. The second-order valence-corrected chi connectivity index (χ2v) is 4.86. The normalized spacial score (nSPS) is 12.6. The molecule has 17 heavy (non-hydrogen) atoms. The molecule has 1 aromatic carbocycles. The van der Waals surface area contributed by atoms with Crippen molar-refractivity contribution in [3.63, 3.8) is 0 Å². The summed E-state index contributed by atoms with van der Waals surface area (Å²) in [4.78, 5) is 4.34. The fraction of sp³-hybridized carbons (Fsp3) is 0.308. The number of methoxy groups -OCH3 is 1. The molecular weight excluding hydrogens is 280 g/mol. The standard InChI is InChI=1S/C13H15BrN2O/c1-9(17-2)8-16-13-5-6-15-12-4-3-10(14)7-11(12)13/h3-7,9H,8H2,1-2H3,(H,15,16). The Kier molecular flexibility index (Phi) is 3.97. The average molecular weight is 295 g/mol. The highest BCUT2D eigenvalue weighted by Crippen LogP contribution is 2.24. The molecule has 2 rings (SSSR count). The summed E-state index contributed by atoms with van der Waals surface area (Å²) in [5.74, 6) is 0. The number of fused-ring (bicyclic) bond motifs is 1. The van der Waals surface area contributed by atoms with Gasteiger partial charge in [0.25, 0.3) is 0 Å². The molecule has 0 bridgehead atoms. The van der Waals surface area contributed by atoms with Crippen molar-refractivity contribution in [2.45, 2.75) is 13.0 Å². The molecule has 4 heteroatoms. The lowest BCUT2D eigenvalue weighted by atomic mass is 10.2. The molecular formula is C13H15BrN2O. The number of rotatable bonds is 4. The third-order valence-electron chi connectivity index (χ3n) is 2.69. The second-order valence-electron chi connectivity index (χ2n) is 3.95. The molecule has 3 nitrogen and oxygen atoms in total. The van der Waals surface area contributed by atoms with E-state index in [-0.39, 0.29) is 6.10 Å². The summed E-state index contributed by atoms with van der Waals surface area (Å²) in [6.45, 7) is 2.81. The number of hydrogen-bond donors (Lipinski definition) is 1. The predicted octanol–water partition coefficient (Wildman–Crippen LogP) is 3.44. The van der Waals surface area contributed by atoms with E-state index in [1.165, 1.54) is 0 Å². The van der Waals surface area contributed by atoms with Crippen LogP contribution in [-0.2, 0) is 4.74 Å². The fourth-order valence-corrected chi connectivity index (χ4v) is 1.97. The molecule has 2 aromatic rings. The number of halogens is 1. The van der Waals surface area contributed by atoms with Gasteiger partial charge in [0.1, 0.15) is 0 Å². The molecule has 90 valence electrons. The monoisotopic (exact) mass is 294 g/mol. The maximum Gasteiger partial charge on any atom is 0.0723 e. The lowest BCUT2D eigenvalue weighted by molar-refractivity contribution is 0.129. The number of hydrogen-bond acceptors (Lipinski definition) is 3. The van der Waals surface area contributed by atoms with Gasteiger partial charge in [0.05, 0.1) is 11.6 Å². The van der Waals surface area contributed by atoms with Crippen molar-refractivity contribution in [1.29, 1.82) is 0 Å². The molecule has 1 unspecified atom stereocenters. The van der Waals surface area contributed by atoms with Crippen molar-refractivity contribution in [2.75, 3.05) is 19.0 Å². The Morgan fingerprint density at radius 1 is 1.41 bits per heavy atom. The number of ether oxygens (including phenoxy) is 1. The van der Waals surface area contributed by atoms with Crippen LogP contribution in [0.15, 0.2) is 34.9 Å². The first-order valence-corrected chi connectivity index (χ1v) is 6.31. The average Bonchev–Trinajstić information content (AvgIpc) is 2.35. The van der Waals surface area contributed by atoms with Crippen LogP contribution in [-0.4, -0.2) is 24.7 Å². The Balaban J connectivity index is 2.30. The van der Waals surface area contributed by atoms with Crippen molar-refractivity contribution in [3.8, 4) is 0 Å². The van der Waals surface area contributed by atoms with Gasteiger partial charge in [-0.2, -0.15) is 0 Å². The van der Waals surface area contributed by atoms with Gasteiger partial charge in [0.2, 0.25) is 0 Å². The smallest absolute Gasteiger partial charge is 0.0723 e. The number of pyridine rings is 1. The van der Waals surface area contributed by atoms with Crippen molar-refractivity contribution in [2.24, 2.45) is 0 Å². The molecule has 0 radical (unpaired) electrons. The number of anilines is 1. The van der Waals surface area contributed by atoms with Crippen LogP contribution >= 0.6 is 15.9 Å². The van der Waals surface area contributed by atoms with Crippen LogP contribution < -0.4 is 5.32 Å². The van der Waals surface area contributed by atoms with Gasteiger partial charge in [-0.05, 0) is 31.2 Å². The van der Waals surface area contributed by atoms with Crippen LogP contribution in [0.2, 0.25) is 0 Å². The van der Waals surface area contributed by atoms with Crippen LogP contribution in [0.4, 0.5) is 5.69 Å². The van der Waals surface area contributed by atoms with Crippen molar-refractivity contribution < 1.29 is 4.74 Å². The van der Waals surface area contributed by atoms with Crippen molar-refractivity contribution in [3.05, 3.63) is 34.9 Å². The highest BCUT2D eigenvalue weighted by molar-refractivity contribution is 9.10. The molecule has 1 aromatic heterocycles. The lowest BCUT2D eigenvalue weighted by Crippen LogP contribution is -2.18. The summed E-state index contributed by atoms with van der Waals surface area (Å²) >= 11 is 3.48. The van der Waals surface area contributed by atoms with Gasteiger partial charge in [-0.3, -0.25) is 4.98 Å². The third kappa shape index (κ3) is 2.96. The first kappa shape index (κ1) is 12.3. The van der Waals surface area contributed by atoms with Crippen LogP contribution in [0.3, 0.4) is 0 Å². The topological polar surface area (TPSA) is 34.1 Å². The van der Waals surface area contributed by atoms with E-state index < -0.39 is 0 Å². The lowest BCUT2D eigenvalue weighted by Gasteiger charge is -2.13. The Hall–Kier alpha value is -1.13. The SMILES string of the molecule is COC(C)CNc1ccnc2ccc(Br)cc12. The van der Waals surface area contributed by atoms with E-state index in [0.717, 1.165) is 27.6 Å². The van der Waals surface area contributed by atoms with E-state index in [0.29, 0.717) is 0 Å². The molecule has 0 aliphatic carbocycles. The highest BCUT2D eigenvalue weighted by Gasteiger charge is 2.04. The first-order valence-electron chi connectivity index (χ1n) is 5.51. The molecule has 1 heterocycles. The van der Waals surface area contributed by atoms with E-state index in [1.807, 2.05) is 31.3 Å². The highest BCUT2D eigenvalue weighted by atomic mass is 79.9. The zero-order chi connectivity index (χ0) is 12.3. The summed E-state index contributed by atoms with van der Waals surface area (Å²) in [6, 6.07) is 8.06. The molecule has 0 saturated heterocycles. The van der Waals surface area contributed by atoms with Crippen LogP contribution in [0, 0.1) is 0 Å². The van der Waals surface area contributed by atoms with Gasteiger partial charge < -0.3 is 10.1 Å². The van der Waals surface area contributed by atoms with E-state index in [9.17, 15) is 0 Å². The van der Waals surface area contributed by atoms with Crippen molar-refractivity contribution in [1.82, 2.24) is 4.98 Å². The van der Waals surface area contributed by atoms with Gasteiger partial charge in [-0.25, -0.2) is 0 Å². The molecule has 0 spiro atoms. The minimum absolute atomic E-state index is 0.186. The van der Waals surface area contributed by atoms with E-state index in [1.54, 1.807) is 7.11 Å². The van der Waals surface area contributed by atoms with Gasteiger partial charge in [0.15, 0.2) is 0 Å². The Bertz CT molecular complexity index is 516. The Morgan fingerprint density at radius 2 is 2.24 bits per heavy atom. The molecule has 0 aliphatic rings. The number of nitrogens with one attached hydrogen (secondary N) is 1. The maximum absolute atomic E-state index is 5.22. The summed E-state index contributed by atoms with van der Waals surface area (Å²) in [7, 11) is 1.72. The Labute approximate surface area is 109 Å². The van der Waals surface area contributed by atoms with Crippen molar-refractivity contribution >= 4 is 32.5 Å². The quantitative estimate of drug-likeness (QED) is 0.938.